The summed E-state index contributed by atoms with van der Waals surface area (Å²) in [5, 5.41) is 3.11. The average molecular weight is 384 g/mol. The fourth-order valence-electron chi connectivity index (χ4n) is 1.92. The van der Waals surface area contributed by atoms with E-state index in [1.54, 1.807) is 12.4 Å². The molecule has 2 aromatic heterocycles. The smallest absolute Gasteiger partial charge is 0.163 e. The van der Waals surface area contributed by atoms with Gasteiger partial charge < -0.3 is 5.32 Å². The number of hydrogen-bond acceptors (Lipinski definition) is 4. The van der Waals surface area contributed by atoms with Gasteiger partial charge in [-0.25, -0.2) is 9.97 Å². The van der Waals surface area contributed by atoms with E-state index >= 15 is 0 Å². The Morgan fingerprint density at radius 3 is 2.63 bits per heavy atom. The second-order valence-corrected chi connectivity index (χ2v) is 6.22. The van der Waals surface area contributed by atoms with Crippen LogP contribution < -0.4 is 5.32 Å². The van der Waals surface area contributed by atoms with Crippen molar-refractivity contribution in [2.45, 2.75) is 18.8 Å². The minimum absolute atomic E-state index is 0.559. The van der Waals surface area contributed by atoms with Gasteiger partial charge in [-0.1, -0.05) is 0 Å². The van der Waals surface area contributed by atoms with E-state index in [2.05, 4.69) is 47.1 Å². The molecule has 0 saturated heterocycles. The van der Waals surface area contributed by atoms with Crippen molar-refractivity contribution in [3.8, 4) is 11.4 Å². The van der Waals surface area contributed by atoms with Crippen LogP contribution in [0.2, 0.25) is 0 Å². The van der Waals surface area contributed by atoms with Crippen LogP contribution in [0.5, 0.6) is 0 Å². The highest BCUT2D eigenvalue weighted by Crippen LogP contribution is 2.44. The molecule has 1 N–H and O–H groups in total. The maximum atomic E-state index is 4.70. The van der Waals surface area contributed by atoms with Crippen LogP contribution in [0.25, 0.3) is 11.4 Å². The van der Waals surface area contributed by atoms with Crippen molar-refractivity contribution in [2.75, 3.05) is 12.4 Å². The van der Waals surface area contributed by atoms with Gasteiger partial charge in [0.25, 0.3) is 0 Å². The molecule has 4 nitrogen and oxygen atoms in total. The Bertz CT molecular complexity index is 626. The van der Waals surface area contributed by atoms with Crippen molar-refractivity contribution >= 4 is 37.7 Å². The highest BCUT2D eigenvalue weighted by atomic mass is 79.9. The molecule has 2 heterocycles. The first kappa shape index (κ1) is 13.0. The van der Waals surface area contributed by atoms with Gasteiger partial charge in [0.15, 0.2) is 5.82 Å². The zero-order valence-corrected chi connectivity index (χ0v) is 13.5. The summed E-state index contributed by atoms with van der Waals surface area (Å²) in [5.74, 6) is 2.10. The quantitative estimate of drug-likeness (QED) is 0.870. The highest BCUT2D eigenvalue weighted by Gasteiger charge is 2.29. The van der Waals surface area contributed by atoms with Gasteiger partial charge in [0.1, 0.15) is 5.82 Å². The van der Waals surface area contributed by atoms with Gasteiger partial charge in [-0.2, -0.15) is 0 Å². The number of halogens is 2. The standard InChI is InChI=1S/C13H12Br2N4/c1-16-13-10(15)11(7-2-3-7)18-12(19-13)8-4-9(14)6-17-5-8/h4-7H,2-3H2,1H3,(H,16,18,19). The first-order valence-electron chi connectivity index (χ1n) is 6.05. The summed E-state index contributed by atoms with van der Waals surface area (Å²) >= 11 is 7.02. The third-order valence-corrected chi connectivity index (χ3v) is 4.26. The maximum Gasteiger partial charge on any atom is 0.163 e. The number of nitrogens with zero attached hydrogens (tertiary/aromatic N) is 3. The maximum absolute atomic E-state index is 4.70. The number of hydrogen-bond donors (Lipinski definition) is 1. The monoisotopic (exact) mass is 382 g/mol. The van der Waals surface area contributed by atoms with E-state index in [0.29, 0.717) is 11.7 Å². The van der Waals surface area contributed by atoms with Crippen LogP contribution in [-0.2, 0) is 0 Å². The van der Waals surface area contributed by atoms with Crippen molar-refractivity contribution < 1.29 is 0 Å². The molecule has 0 aliphatic heterocycles. The fraction of sp³-hybridized carbons (Fsp3) is 0.308. The van der Waals surface area contributed by atoms with Crippen molar-refractivity contribution in [3.63, 3.8) is 0 Å². The van der Waals surface area contributed by atoms with Gasteiger partial charge in [-0.15, -0.1) is 0 Å². The molecule has 6 heteroatoms. The topological polar surface area (TPSA) is 50.7 Å². The van der Waals surface area contributed by atoms with Crippen LogP contribution in [0, 0.1) is 0 Å². The van der Waals surface area contributed by atoms with Crippen LogP contribution in [0.3, 0.4) is 0 Å². The van der Waals surface area contributed by atoms with E-state index in [9.17, 15) is 0 Å². The van der Waals surface area contributed by atoms with E-state index in [4.69, 9.17) is 4.98 Å². The predicted molar refractivity (Wildman–Crippen MR) is 82.2 cm³/mol. The second kappa shape index (κ2) is 5.17. The average Bonchev–Trinajstić information content (AvgIpc) is 3.23. The molecule has 1 saturated carbocycles. The van der Waals surface area contributed by atoms with E-state index < -0.39 is 0 Å². The predicted octanol–water partition coefficient (Wildman–Crippen LogP) is 3.98. The molecule has 0 atom stereocenters. The number of nitrogens with one attached hydrogen (secondary N) is 1. The van der Waals surface area contributed by atoms with Crippen LogP contribution in [0.4, 0.5) is 5.82 Å². The molecule has 0 bridgehead atoms. The lowest BCUT2D eigenvalue weighted by Crippen LogP contribution is -2.02. The summed E-state index contributed by atoms with van der Waals surface area (Å²) in [5.41, 5.74) is 2.01. The molecule has 19 heavy (non-hydrogen) atoms. The van der Waals surface area contributed by atoms with Crippen LogP contribution in [0.15, 0.2) is 27.4 Å². The Balaban J connectivity index is 2.13. The summed E-state index contributed by atoms with van der Waals surface area (Å²) in [6.45, 7) is 0. The Hall–Kier alpha value is -1.01. The number of pyridine rings is 1. The van der Waals surface area contributed by atoms with Crippen molar-refractivity contribution in [1.29, 1.82) is 0 Å². The molecule has 98 valence electrons. The molecule has 0 unspecified atom stereocenters. The van der Waals surface area contributed by atoms with Gasteiger partial charge in [-0.05, 0) is 50.8 Å². The molecule has 3 rings (SSSR count). The fourth-order valence-corrected chi connectivity index (χ4v) is 2.98. The molecule has 1 fully saturated rings. The zero-order chi connectivity index (χ0) is 13.4. The van der Waals surface area contributed by atoms with Crippen molar-refractivity contribution in [3.05, 3.63) is 33.1 Å². The first-order chi connectivity index (χ1) is 9.19. The van der Waals surface area contributed by atoms with Crippen LogP contribution in [0.1, 0.15) is 24.5 Å². The minimum atomic E-state index is 0.559. The third kappa shape index (κ3) is 2.65. The van der Waals surface area contributed by atoms with Crippen LogP contribution in [-0.4, -0.2) is 22.0 Å². The van der Waals surface area contributed by atoms with Crippen LogP contribution >= 0.6 is 31.9 Å². The first-order valence-corrected chi connectivity index (χ1v) is 7.63. The van der Waals surface area contributed by atoms with E-state index in [1.807, 2.05) is 13.1 Å². The van der Waals surface area contributed by atoms with Gasteiger partial charge in [-0.3, -0.25) is 4.98 Å². The Morgan fingerprint density at radius 1 is 1.21 bits per heavy atom. The molecular weight excluding hydrogens is 372 g/mol. The van der Waals surface area contributed by atoms with E-state index in [0.717, 1.165) is 26.0 Å². The van der Waals surface area contributed by atoms with Gasteiger partial charge in [0.05, 0.1) is 10.2 Å². The molecule has 0 amide bonds. The SMILES string of the molecule is CNc1nc(-c2cncc(Br)c2)nc(C2CC2)c1Br. The Morgan fingerprint density at radius 2 is 2.00 bits per heavy atom. The van der Waals surface area contributed by atoms with E-state index in [1.165, 1.54) is 12.8 Å². The molecule has 0 spiro atoms. The number of rotatable bonds is 3. The Labute approximate surface area is 128 Å². The minimum Gasteiger partial charge on any atom is -0.372 e. The third-order valence-electron chi connectivity index (χ3n) is 3.04. The molecule has 1 aliphatic carbocycles. The number of aromatic nitrogens is 3. The summed E-state index contributed by atoms with van der Waals surface area (Å²) in [4.78, 5) is 13.4. The highest BCUT2D eigenvalue weighted by molar-refractivity contribution is 9.11. The largest absolute Gasteiger partial charge is 0.372 e. The summed E-state index contributed by atoms with van der Waals surface area (Å²) < 4.78 is 1.90. The van der Waals surface area contributed by atoms with Crippen molar-refractivity contribution in [1.82, 2.24) is 15.0 Å². The van der Waals surface area contributed by atoms with Crippen molar-refractivity contribution in [2.24, 2.45) is 0 Å². The normalized spacial score (nSPS) is 14.5. The lowest BCUT2D eigenvalue weighted by Gasteiger charge is -2.10. The molecular formula is C13H12Br2N4. The van der Waals surface area contributed by atoms with Gasteiger partial charge in [0, 0.05) is 35.4 Å². The summed E-state index contributed by atoms with van der Waals surface area (Å²) in [6.07, 6.45) is 5.94. The van der Waals surface area contributed by atoms with Gasteiger partial charge >= 0.3 is 0 Å². The zero-order valence-electron chi connectivity index (χ0n) is 10.3. The number of anilines is 1. The molecule has 2 aromatic rings. The van der Waals surface area contributed by atoms with E-state index in [-0.39, 0.29) is 0 Å². The lowest BCUT2D eigenvalue weighted by atomic mass is 10.2. The summed E-state index contributed by atoms with van der Waals surface area (Å²) in [7, 11) is 1.87. The molecule has 1 aliphatic rings. The molecule has 0 radical (unpaired) electrons. The second-order valence-electron chi connectivity index (χ2n) is 4.51. The lowest BCUT2D eigenvalue weighted by molar-refractivity contribution is 0.979. The van der Waals surface area contributed by atoms with Gasteiger partial charge in [0.2, 0.25) is 0 Å². The Kier molecular flexibility index (Phi) is 3.54. The summed E-state index contributed by atoms with van der Waals surface area (Å²) in [6, 6.07) is 1.98. The molecule has 0 aromatic carbocycles.